The number of benzene rings is 1. The fourth-order valence-corrected chi connectivity index (χ4v) is 2.75. The van der Waals surface area contributed by atoms with Crippen LogP contribution in [0.5, 0.6) is 5.75 Å². The van der Waals surface area contributed by atoms with Crippen LogP contribution in [-0.4, -0.2) is 12.4 Å². The van der Waals surface area contributed by atoms with E-state index in [1.54, 1.807) is 12.1 Å². The number of halogens is 3. The lowest BCUT2D eigenvalue weighted by molar-refractivity contribution is -0.274. The minimum atomic E-state index is -4.64. The Bertz CT molecular complexity index is 430. The molecule has 1 aromatic rings. The Balaban J connectivity index is 1.96. The highest BCUT2D eigenvalue weighted by Gasteiger charge is 2.31. The monoisotopic (exact) mass is 287 g/mol. The predicted molar refractivity (Wildman–Crippen MR) is 72.7 cm³/mol. The summed E-state index contributed by atoms with van der Waals surface area (Å²) >= 11 is 0. The molecule has 0 saturated heterocycles. The lowest BCUT2D eigenvalue weighted by atomic mass is 9.78. The van der Waals surface area contributed by atoms with Crippen molar-refractivity contribution in [2.45, 2.75) is 45.5 Å². The molecule has 0 heterocycles. The molecule has 5 heteroatoms. The summed E-state index contributed by atoms with van der Waals surface area (Å²) in [5.41, 5.74) is 0.838. The molecule has 2 nitrogen and oxygen atoms in total. The zero-order chi connectivity index (χ0) is 14.8. The van der Waals surface area contributed by atoms with Gasteiger partial charge in [-0.05, 0) is 42.5 Å². The van der Waals surface area contributed by atoms with E-state index in [9.17, 15) is 13.2 Å². The van der Waals surface area contributed by atoms with Gasteiger partial charge in [-0.3, -0.25) is 0 Å². The van der Waals surface area contributed by atoms with Crippen LogP contribution >= 0.6 is 0 Å². The van der Waals surface area contributed by atoms with Crippen molar-refractivity contribution in [3.63, 3.8) is 0 Å². The Labute approximate surface area is 117 Å². The van der Waals surface area contributed by atoms with E-state index >= 15 is 0 Å². The van der Waals surface area contributed by atoms with Crippen LogP contribution in [-0.2, 0) is 0 Å². The number of ether oxygens (including phenoxy) is 1. The van der Waals surface area contributed by atoms with E-state index in [0.717, 1.165) is 12.1 Å². The van der Waals surface area contributed by atoms with Gasteiger partial charge in [-0.15, -0.1) is 13.2 Å². The van der Waals surface area contributed by atoms with Crippen molar-refractivity contribution in [2.24, 2.45) is 11.8 Å². The van der Waals surface area contributed by atoms with Crippen molar-refractivity contribution in [1.82, 2.24) is 0 Å². The third-order valence-electron chi connectivity index (χ3n) is 4.15. The van der Waals surface area contributed by atoms with Crippen LogP contribution in [0, 0.1) is 11.8 Å². The lowest BCUT2D eigenvalue weighted by Crippen LogP contribution is -2.34. The first-order valence-electron chi connectivity index (χ1n) is 6.97. The standard InChI is InChI=1S/C15H20F3NO/c1-10-4-3-5-14(11(10)2)19-12-6-8-13(9-7-12)20-15(16,17)18/h6-11,14,19H,3-5H2,1-2H3. The molecular weight excluding hydrogens is 267 g/mol. The van der Waals surface area contributed by atoms with Crippen molar-refractivity contribution in [3.8, 4) is 5.75 Å². The van der Waals surface area contributed by atoms with Gasteiger partial charge in [0.05, 0.1) is 0 Å². The third-order valence-corrected chi connectivity index (χ3v) is 4.15. The molecule has 0 aliphatic heterocycles. The normalized spacial score (nSPS) is 27.1. The molecule has 1 saturated carbocycles. The smallest absolute Gasteiger partial charge is 0.406 e. The first kappa shape index (κ1) is 15.0. The number of nitrogens with one attached hydrogen (secondary N) is 1. The van der Waals surface area contributed by atoms with Gasteiger partial charge in [0.1, 0.15) is 5.75 Å². The summed E-state index contributed by atoms with van der Waals surface area (Å²) in [5.74, 6) is 1.05. The average molecular weight is 287 g/mol. The largest absolute Gasteiger partial charge is 0.573 e. The van der Waals surface area contributed by atoms with Gasteiger partial charge in [-0.2, -0.15) is 0 Å². The summed E-state index contributed by atoms with van der Waals surface area (Å²) in [5, 5.41) is 3.41. The van der Waals surface area contributed by atoms with Crippen LogP contribution in [0.15, 0.2) is 24.3 Å². The Morgan fingerprint density at radius 2 is 1.75 bits per heavy atom. The Morgan fingerprint density at radius 1 is 1.10 bits per heavy atom. The lowest BCUT2D eigenvalue weighted by Gasteiger charge is -2.35. The molecule has 1 N–H and O–H groups in total. The van der Waals surface area contributed by atoms with Crippen LogP contribution < -0.4 is 10.1 Å². The fourth-order valence-electron chi connectivity index (χ4n) is 2.75. The van der Waals surface area contributed by atoms with E-state index < -0.39 is 6.36 Å². The van der Waals surface area contributed by atoms with Gasteiger partial charge in [-0.1, -0.05) is 26.7 Å². The number of anilines is 1. The highest BCUT2D eigenvalue weighted by molar-refractivity contribution is 5.47. The van der Waals surface area contributed by atoms with Crippen LogP contribution in [0.1, 0.15) is 33.1 Å². The highest BCUT2D eigenvalue weighted by Crippen LogP contribution is 2.32. The topological polar surface area (TPSA) is 21.3 Å². The molecule has 3 unspecified atom stereocenters. The van der Waals surface area contributed by atoms with E-state index in [2.05, 4.69) is 23.9 Å². The maximum Gasteiger partial charge on any atom is 0.573 e. The van der Waals surface area contributed by atoms with Crippen LogP contribution in [0.4, 0.5) is 18.9 Å². The summed E-state index contributed by atoms with van der Waals surface area (Å²) in [6.07, 6.45) is -1.09. The molecule has 0 aromatic heterocycles. The van der Waals surface area contributed by atoms with Crippen molar-refractivity contribution in [1.29, 1.82) is 0 Å². The number of hydrogen-bond acceptors (Lipinski definition) is 2. The van der Waals surface area contributed by atoms with Gasteiger partial charge in [0.25, 0.3) is 0 Å². The SMILES string of the molecule is CC1CCCC(Nc2ccc(OC(F)(F)F)cc2)C1C. The summed E-state index contributed by atoms with van der Waals surface area (Å²) in [4.78, 5) is 0. The van der Waals surface area contributed by atoms with E-state index in [1.807, 2.05) is 0 Å². The predicted octanol–water partition coefficient (Wildman–Crippen LogP) is 4.82. The second-order valence-electron chi connectivity index (χ2n) is 5.59. The van der Waals surface area contributed by atoms with Crippen molar-refractivity contribution in [3.05, 3.63) is 24.3 Å². The highest BCUT2D eigenvalue weighted by atomic mass is 19.4. The maximum absolute atomic E-state index is 12.1. The quantitative estimate of drug-likeness (QED) is 0.860. The summed E-state index contributed by atoms with van der Waals surface area (Å²) in [7, 11) is 0. The second kappa shape index (κ2) is 5.94. The molecule has 1 aliphatic carbocycles. The van der Waals surface area contributed by atoms with Gasteiger partial charge < -0.3 is 10.1 Å². The van der Waals surface area contributed by atoms with Crippen LogP contribution in [0.3, 0.4) is 0 Å². The van der Waals surface area contributed by atoms with Gasteiger partial charge in [0, 0.05) is 11.7 Å². The zero-order valence-corrected chi connectivity index (χ0v) is 11.7. The molecule has 0 radical (unpaired) electrons. The van der Waals surface area contributed by atoms with E-state index in [-0.39, 0.29) is 5.75 Å². The summed E-state index contributed by atoms with van der Waals surface area (Å²) < 4.78 is 40.1. The Hall–Kier alpha value is -1.39. The third kappa shape index (κ3) is 4.05. The Morgan fingerprint density at radius 3 is 2.35 bits per heavy atom. The molecule has 112 valence electrons. The molecule has 2 rings (SSSR count). The molecule has 1 aliphatic rings. The fraction of sp³-hybridized carbons (Fsp3) is 0.600. The minimum Gasteiger partial charge on any atom is -0.406 e. The molecule has 3 atom stereocenters. The molecule has 1 fully saturated rings. The average Bonchev–Trinajstić information content (AvgIpc) is 2.35. The first-order chi connectivity index (χ1) is 9.35. The molecule has 20 heavy (non-hydrogen) atoms. The van der Waals surface area contributed by atoms with Gasteiger partial charge in [0.15, 0.2) is 0 Å². The van der Waals surface area contributed by atoms with Gasteiger partial charge in [-0.25, -0.2) is 0 Å². The van der Waals surface area contributed by atoms with Crippen molar-refractivity contribution in [2.75, 3.05) is 5.32 Å². The molecule has 0 amide bonds. The van der Waals surface area contributed by atoms with E-state index in [1.165, 1.54) is 25.0 Å². The van der Waals surface area contributed by atoms with Crippen molar-refractivity contribution < 1.29 is 17.9 Å². The minimum absolute atomic E-state index is 0.187. The number of rotatable bonds is 3. The molecular formula is C15H20F3NO. The zero-order valence-electron chi connectivity index (χ0n) is 11.7. The summed E-state index contributed by atoms with van der Waals surface area (Å²) in [6, 6.07) is 6.33. The number of alkyl halides is 3. The molecule has 1 aromatic carbocycles. The van der Waals surface area contributed by atoms with Gasteiger partial charge in [0.2, 0.25) is 0 Å². The maximum atomic E-state index is 12.1. The Kier molecular flexibility index (Phi) is 4.45. The summed E-state index contributed by atoms with van der Waals surface area (Å²) in [6.45, 7) is 4.47. The molecule has 0 bridgehead atoms. The first-order valence-corrected chi connectivity index (χ1v) is 6.97. The van der Waals surface area contributed by atoms with Crippen LogP contribution in [0.2, 0.25) is 0 Å². The van der Waals surface area contributed by atoms with Gasteiger partial charge >= 0.3 is 6.36 Å². The number of hydrogen-bond donors (Lipinski definition) is 1. The van der Waals surface area contributed by atoms with E-state index in [4.69, 9.17) is 0 Å². The second-order valence-corrected chi connectivity index (χ2v) is 5.59. The van der Waals surface area contributed by atoms with E-state index in [0.29, 0.717) is 17.9 Å². The molecule has 0 spiro atoms. The van der Waals surface area contributed by atoms with Crippen LogP contribution in [0.25, 0.3) is 0 Å². The van der Waals surface area contributed by atoms with Crippen molar-refractivity contribution >= 4 is 5.69 Å².